The van der Waals surface area contributed by atoms with E-state index in [2.05, 4.69) is 40.7 Å². The van der Waals surface area contributed by atoms with E-state index in [9.17, 15) is 4.79 Å². The maximum absolute atomic E-state index is 12.2. The summed E-state index contributed by atoms with van der Waals surface area (Å²) in [5.41, 5.74) is 2.33. The number of ketones is 1. The predicted octanol–water partition coefficient (Wildman–Crippen LogP) is 5.49. The summed E-state index contributed by atoms with van der Waals surface area (Å²) in [5, 5.41) is 0. The highest BCUT2D eigenvalue weighted by atomic mass is 16.5. The molecule has 0 radical (unpaired) electrons. The molecule has 140 valence electrons. The van der Waals surface area contributed by atoms with Gasteiger partial charge in [0, 0.05) is 12.8 Å². The van der Waals surface area contributed by atoms with Crippen molar-refractivity contribution < 1.29 is 14.3 Å². The predicted molar refractivity (Wildman–Crippen MR) is 100 cm³/mol. The number of carbonyl (C=O) groups is 1. The Hall–Kier alpha value is -1.09. The second kappa shape index (κ2) is 6.90. The highest BCUT2D eigenvalue weighted by molar-refractivity contribution is 5.93. The Morgan fingerprint density at radius 2 is 2.12 bits per heavy atom. The van der Waals surface area contributed by atoms with Crippen molar-refractivity contribution in [3.8, 4) is 0 Å². The third kappa shape index (κ3) is 4.02. The van der Waals surface area contributed by atoms with E-state index in [0.717, 1.165) is 44.9 Å². The lowest BCUT2D eigenvalue weighted by atomic mass is 9.70. The summed E-state index contributed by atoms with van der Waals surface area (Å²) in [4.78, 5) is 12.2. The van der Waals surface area contributed by atoms with Crippen LogP contribution in [0.2, 0.25) is 0 Å². The van der Waals surface area contributed by atoms with Gasteiger partial charge in [-0.25, -0.2) is 0 Å². The van der Waals surface area contributed by atoms with Gasteiger partial charge in [-0.15, -0.1) is 0 Å². The summed E-state index contributed by atoms with van der Waals surface area (Å²) in [6.45, 7) is 10.6. The minimum absolute atomic E-state index is 0.0678. The van der Waals surface area contributed by atoms with Crippen LogP contribution in [0.1, 0.15) is 86.0 Å². The fourth-order valence-corrected chi connectivity index (χ4v) is 4.66. The van der Waals surface area contributed by atoms with Crippen LogP contribution >= 0.6 is 0 Å². The monoisotopic (exact) mass is 346 g/mol. The number of carbonyl (C=O) groups excluding carboxylic acids is 1. The Morgan fingerprint density at radius 3 is 2.84 bits per heavy atom. The van der Waals surface area contributed by atoms with Gasteiger partial charge in [-0.1, -0.05) is 6.08 Å². The molecule has 1 aliphatic heterocycles. The molecule has 0 spiro atoms. The Morgan fingerprint density at radius 1 is 1.36 bits per heavy atom. The molecule has 0 aromatic carbocycles. The Labute approximate surface area is 152 Å². The molecule has 3 atom stereocenters. The molecule has 1 heterocycles. The second-order valence-electron chi connectivity index (χ2n) is 9.23. The highest BCUT2D eigenvalue weighted by Crippen LogP contribution is 2.51. The lowest BCUT2D eigenvalue weighted by Crippen LogP contribution is -2.33. The quantitative estimate of drug-likeness (QED) is 0.660. The van der Waals surface area contributed by atoms with E-state index in [1.165, 1.54) is 16.9 Å². The van der Waals surface area contributed by atoms with Crippen LogP contribution in [0.4, 0.5) is 0 Å². The number of rotatable bonds is 5. The van der Waals surface area contributed by atoms with E-state index in [-0.39, 0.29) is 11.0 Å². The summed E-state index contributed by atoms with van der Waals surface area (Å²) in [6.07, 6.45) is 10.7. The number of fused-ring (bicyclic) bond motifs is 2. The molecule has 3 nitrogen and oxygen atoms in total. The topological polar surface area (TPSA) is 35.5 Å². The number of hydrogen-bond acceptors (Lipinski definition) is 3. The first-order valence-corrected chi connectivity index (χ1v) is 10.00. The fraction of sp³-hybridized carbons (Fsp3) is 0.773. The second-order valence-corrected chi connectivity index (χ2v) is 9.23. The van der Waals surface area contributed by atoms with Crippen molar-refractivity contribution in [1.82, 2.24) is 0 Å². The molecule has 0 bridgehead atoms. The van der Waals surface area contributed by atoms with Gasteiger partial charge in [0.2, 0.25) is 0 Å². The van der Waals surface area contributed by atoms with Crippen molar-refractivity contribution >= 4 is 5.78 Å². The molecular formula is C22H34O3. The number of Topliss-reactive ketones (excluding diaryl/α,β-unsaturated/α-hetero) is 1. The Bertz CT molecular complexity index is 593. The zero-order chi connectivity index (χ0) is 18.2. The summed E-state index contributed by atoms with van der Waals surface area (Å²) in [6, 6.07) is 0. The molecule has 0 aromatic heterocycles. The molecule has 3 heteroatoms. The molecule has 0 fully saturated rings. The van der Waals surface area contributed by atoms with Gasteiger partial charge in [0.1, 0.15) is 5.78 Å². The molecule has 0 amide bonds. The van der Waals surface area contributed by atoms with E-state index >= 15 is 0 Å². The molecule has 3 rings (SSSR count). The first-order valence-electron chi connectivity index (χ1n) is 10.00. The molecule has 0 aromatic rings. The molecule has 3 unspecified atom stereocenters. The van der Waals surface area contributed by atoms with Crippen LogP contribution in [-0.2, 0) is 14.3 Å². The SMILES string of the molecule is CC(CCCC1CCC2=C(CCC3(C)C(=O)CC=C23)O1)OC(C)(C)C. The molecule has 0 saturated heterocycles. The van der Waals surface area contributed by atoms with Gasteiger partial charge in [-0.2, -0.15) is 0 Å². The summed E-state index contributed by atoms with van der Waals surface area (Å²) >= 11 is 0. The van der Waals surface area contributed by atoms with Crippen LogP contribution in [0.25, 0.3) is 0 Å². The van der Waals surface area contributed by atoms with Gasteiger partial charge in [0.15, 0.2) is 0 Å². The van der Waals surface area contributed by atoms with Crippen molar-refractivity contribution in [3.05, 3.63) is 23.0 Å². The van der Waals surface area contributed by atoms with E-state index in [1.807, 2.05) is 0 Å². The Kier molecular flexibility index (Phi) is 5.16. The van der Waals surface area contributed by atoms with Crippen molar-refractivity contribution in [3.63, 3.8) is 0 Å². The fourth-order valence-electron chi connectivity index (χ4n) is 4.66. The molecule has 0 saturated carbocycles. The third-order valence-electron chi connectivity index (χ3n) is 5.93. The third-order valence-corrected chi connectivity index (χ3v) is 5.93. The first-order chi connectivity index (χ1) is 11.7. The van der Waals surface area contributed by atoms with Crippen LogP contribution in [0, 0.1) is 5.41 Å². The van der Waals surface area contributed by atoms with Crippen LogP contribution < -0.4 is 0 Å². The summed E-state index contributed by atoms with van der Waals surface area (Å²) in [7, 11) is 0. The molecular weight excluding hydrogens is 312 g/mol. The highest BCUT2D eigenvalue weighted by Gasteiger charge is 2.46. The normalized spacial score (nSPS) is 30.5. The van der Waals surface area contributed by atoms with Crippen molar-refractivity contribution in [1.29, 1.82) is 0 Å². The minimum atomic E-state index is -0.227. The smallest absolute Gasteiger partial charge is 0.146 e. The van der Waals surface area contributed by atoms with Gasteiger partial charge in [-0.05, 0) is 84.3 Å². The van der Waals surface area contributed by atoms with Crippen LogP contribution in [0.5, 0.6) is 0 Å². The first kappa shape index (κ1) is 18.7. The molecule has 0 N–H and O–H groups in total. The van der Waals surface area contributed by atoms with Gasteiger partial charge in [-0.3, -0.25) is 4.79 Å². The molecule has 3 aliphatic rings. The summed E-state index contributed by atoms with van der Waals surface area (Å²) in [5.74, 6) is 1.57. The van der Waals surface area contributed by atoms with Crippen molar-refractivity contribution in [2.24, 2.45) is 5.41 Å². The van der Waals surface area contributed by atoms with Gasteiger partial charge in [0.05, 0.1) is 29.0 Å². The van der Waals surface area contributed by atoms with Crippen molar-refractivity contribution in [2.75, 3.05) is 0 Å². The average molecular weight is 347 g/mol. The van der Waals surface area contributed by atoms with Gasteiger partial charge in [0.25, 0.3) is 0 Å². The largest absolute Gasteiger partial charge is 0.494 e. The van der Waals surface area contributed by atoms with Crippen LogP contribution in [0.3, 0.4) is 0 Å². The van der Waals surface area contributed by atoms with Crippen LogP contribution in [-0.4, -0.2) is 23.6 Å². The number of allylic oxidation sites excluding steroid dienone is 4. The molecule has 25 heavy (non-hydrogen) atoms. The maximum Gasteiger partial charge on any atom is 0.146 e. The standard InChI is InChI=1S/C22H34O3/c1-15(25-21(2,3)4)7-6-8-16-9-10-17-18-11-12-20(23)22(18,5)14-13-19(17)24-16/h11,15-16H,6-10,12-14H2,1-5H3. The average Bonchev–Trinajstić information content (AvgIpc) is 2.81. The Balaban J connectivity index is 1.52. The van der Waals surface area contributed by atoms with E-state index in [4.69, 9.17) is 9.47 Å². The van der Waals surface area contributed by atoms with E-state index in [1.54, 1.807) is 0 Å². The molecule has 2 aliphatic carbocycles. The zero-order valence-electron chi connectivity index (χ0n) is 16.6. The van der Waals surface area contributed by atoms with E-state index in [0.29, 0.717) is 24.4 Å². The maximum atomic E-state index is 12.2. The van der Waals surface area contributed by atoms with Crippen LogP contribution in [0.15, 0.2) is 23.0 Å². The minimum Gasteiger partial charge on any atom is -0.494 e. The van der Waals surface area contributed by atoms with Gasteiger partial charge >= 0.3 is 0 Å². The van der Waals surface area contributed by atoms with E-state index < -0.39 is 0 Å². The number of hydrogen-bond donors (Lipinski definition) is 0. The lowest BCUT2D eigenvalue weighted by Gasteiger charge is -2.39. The lowest BCUT2D eigenvalue weighted by molar-refractivity contribution is -0.124. The zero-order valence-corrected chi connectivity index (χ0v) is 16.6. The summed E-state index contributed by atoms with van der Waals surface area (Å²) < 4.78 is 12.3. The van der Waals surface area contributed by atoms with Gasteiger partial charge < -0.3 is 9.47 Å². The number of ether oxygens (including phenoxy) is 2. The van der Waals surface area contributed by atoms with Crippen molar-refractivity contribution in [2.45, 2.75) is 104 Å².